The van der Waals surface area contributed by atoms with E-state index in [0.29, 0.717) is 18.5 Å². The molecule has 1 amide bonds. The van der Waals surface area contributed by atoms with Crippen LogP contribution in [0.25, 0.3) is 0 Å². The van der Waals surface area contributed by atoms with Crippen molar-refractivity contribution in [1.82, 2.24) is 15.5 Å². The number of likely N-dealkylation sites (N-methyl/N-ethyl adjacent to an activating group) is 1. The highest BCUT2D eigenvalue weighted by Crippen LogP contribution is 2.17. The summed E-state index contributed by atoms with van der Waals surface area (Å²) in [6, 6.07) is 0.858. The van der Waals surface area contributed by atoms with Crippen molar-refractivity contribution in [3.8, 4) is 0 Å². The molecule has 0 aromatic heterocycles. The van der Waals surface area contributed by atoms with Gasteiger partial charge in [-0.25, -0.2) is 0 Å². The molecule has 0 aromatic carbocycles. The van der Waals surface area contributed by atoms with E-state index in [1.807, 2.05) is 14.1 Å². The molecule has 1 aliphatic carbocycles. The number of hydrogen-bond donors (Lipinski definition) is 2. The van der Waals surface area contributed by atoms with E-state index in [-0.39, 0.29) is 11.9 Å². The van der Waals surface area contributed by atoms with Gasteiger partial charge in [0, 0.05) is 18.6 Å². The SMILES string of the molecule is CC(C)CC(CN(C)C)NC(=O)CNC1CC1. The fourth-order valence-electron chi connectivity index (χ4n) is 1.99. The molecular formula is C13H27N3O. The van der Waals surface area contributed by atoms with Gasteiger partial charge in [0.25, 0.3) is 0 Å². The number of rotatable bonds is 8. The fraction of sp³-hybridized carbons (Fsp3) is 0.923. The molecule has 1 aliphatic rings. The lowest BCUT2D eigenvalue weighted by Crippen LogP contribution is -2.45. The lowest BCUT2D eigenvalue weighted by atomic mass is 10.0. The van der Waals surface area contributed by atoms with Gasteiger partial charge in [-0.1, -0.05) is 13.8 Å². The summed E-state index contributed by atoms with van der Waals surface area (Å²) in [6.45, 7) is 5.76. The molecule has 0 saturated heterocycles. The monoisotopic (exact) mass is 241 g/mol. The van der Waals surface area contributed by atoms with E-state index in [2.05, 4.69) is 29.4 Å². The van der Waals surface area contributed by atoms with E-state index >= 15 is 0 Å². The third kappa shape index (κ3) is 7.34. The molecule has 0 radical (unpaired) electrons. The number of amides is 1. The molecule has 100 valence electrons. The van der Waals surface area contributed by atoms with Crippen molar-refractivity contribution in [1.29, 1.82) is 0 Å². The van der Waals surface area contributed by atoms with Gasteiger partial charge in [0.1, 0.15) is 0 Å². The first-order chi connectivity index (χ1) is 7.97. The van der Waals surface area contributed by atoms with Gasteiger partial charge in [-0.2, -0.15) is 0 Å². The van der Waals surface area contributed by atoms with Crippen molar-refractivity contribution in [2.24, 2.45) is 5.92 Å². The maximum Gasteiger partial charge on any atom is 0.234 e. The van der Waals surface area contributed by atoms with Crippen LogP contribution in [0, 0.1) is 5.92 Å². The summed E-state index contributed by atoms with van der Waals surface area (Å²) in [4.78, 5) is 13.9. The molecule has 4 nitrogen and oxygen atoms in total. The molecule has 1 rings (SSSR count). The van der Waals surface area contributed by atoms with Crippen LogP contribution in [0.3, 0.4) is 0 Å². The molecule has 2 N–H and O–H groups in total. The topological polar surface area (TPSA) is 44.4 Å². The van der Waals surface area contributed by atoms with Gasteiger partial charge in [0.2, 0.25) is 5.91 Å². The predicted molar refractivity (Wildman–Crippen MR) is 71.0 cm³/mol. The van der Waals surface area contributed by atoms with Crippen LogP contribution in [0.15, 0.2) is 0 Å². The molecular weight excluding hydrogens is 214 g/mol. The zero-order chi connectivity index (χ0) is 12.8. The summed E-state index contributed by atoms with van der Waals surface area (Å²) < 4.78 is 0. The van der Waals surface area contributed by atoms with Gasteiger partial charge in [-0.15, -0.1) is 0 Å². The first-order valence-corrected chi connectivity index (χ1v) is 6.65. The Hall–Kier alpha value is -0.610. The molecule has 4 heteroatoms. The maximum atomic E-state index is 11.8. The van der Waals surface area contributed by atoms with Gasteiger partial charge >= 0.3 is 0 Å². The van der Waals surface area contributed by atoms with Crippen molar-refractivity contribution in [3.05, 3.63) is 0 Å². The minimum atomic E-state index is 0.129. The third-order valence-corrected chi connectivity index (χ3v) is 2.84. The Kier molecular flexibility index (Phi) is 5.92. The van der Waals surface area contributed by atoms with Crippen LogP contribution < -0.4 is 10.6 Å². The highest BCUT2D eigenvalue weighted by Gasteiger charge is 2.22. The van der Waals surface area contributed by atoms with Crippen LogP contribution >= 0.6 is 0 Å². The molecule has 1 fully saturated rings. The summed E-state index contributed by atoms with van der Waals surface area (Å²) in [5, 5.41) is 6.36. The summed E-state index contributed by atoms with van der Waals surface area (Å²) in [5.41, 5.74) is 0. The van der Waals surface area contributed by atoms with Gasteiger partial charge in [0.15, 0.2) is 0 Å². The fourth-order valence-corrected chi connectivity index (χ4v) is 1.99. The molecule has 0 heterocycles. The summed E-state index contributed by atoms with van der Waals surface area (Å²) in [7, 11) is 4.09. The normalized spacial score (nSPS) is 17.5. The molecule has 0 bridgehead atoms. The second-order valence-corrected chi connectivity index (χ2v) is 5.81. The van der Waals surface area contributed by atoms with Crippen molar-refractivity contribution in [2.45, 2.75) is 45.2 Å². The summed E-state index contributed by atoms with van der Waals surface area (Å²) in [5.74, 6) is 0.737. The second-order valence-electron chi connectivity index (χ2n) is 5.81. The molecule has 1 saturated carbocycles. The Morgan fingerprint density at radius 3 is 2.47 bits per heavy atom. The van der Waals surface area contributed by atoms with Gasteiger partial charge < -0.3 is 15.5 Å². The van der Waals surface area contributed by atoms with Crippen LogP contribution in [0.1, 0.15) is 33.1 Å². The largest absolute Gasteiger partial charge is 0.351 e. The average Bonchev–Trinajstić information content (AvgIpc) is 2.95. The van der Waals surface area contributed by atoms with E-state index in [1.54, 1.807) is 0 Å². The zero-order valence-electron chi connectivity index (χ0n) is 11.6. The van der Waals surface area contributed by atoms with Crippen molar-refractivity contribution >= 4 is 5.91 Å². The Balaban J connectivity index is 2.26. The standard InChI is InChI=1S/C13H27N3O/c1-10(2)7-12(9-16(3)4)15-13(17)8-14-11-5-6-11/h10-12,14H,5-9H2,1-4H3,(H,15,17). The summed E-state index contributed by atoms with van der Waals surface area (Å²) in [6.07, 6.45) is 3.48. The van der Waals surface area contributed by atoms with Crippen molar-refractivity contribution in [3.63, 3.8) is 0 Å². The average molecular weight is 241 g/mol. The number of carbonyl (C=O) groups excluding carboxylic acids is 1. The lowest BCUT2D eigenvalue weighted by molar-refractivity contribution is -0.121. The second kappa shape index (κ2) is 6.97. The third-order valence-electron chi connectivity index (χ3n) is 2.84. The van der Waals surface area contributed by atoms with Gasteiger partial charge in [0.05, 0.1) is 6.54 Å². The Labute approximate surface area is 105 Å². The van der Waals surface area contributed by atoms with Crippen molar-refractivity contribution in [2.75, 3.05) is 27.2 Å². The van der Waals surface area contributed by atoms with Gasteiger partial charge in [-0.3, -0.25) is 4.79 Å². The summed E-state index contributed by atoms with van der Waals surface area (Å²) >= 11 is 0. The van der Waals surface area contributed by atoms with Crippen LogP contribution in [0.2, 0.25) is 0 Å². The number of nitrogens with zero attached hydrogens (tertiary/aromatic N) is 1. The van der Waals surface area contributed by atoms with Gasteiger partial charge in [-0.05, 0) is 39.3 Å². The highest BCUT2D eigenvalue weighted by atomic mass is 16.2. The lowest BCUT2D eigenvalue weighted by Gasteiger charge is -2.24. The number of hydrogen-bond acceptors (Lipinski definition) is 3. The first kappa shape index (κ1) is 14.5. The predicted octanol–water partition coefficient (Wildman–Crippen LogP) is 0.831. The van der Waals surface area contributed by atoms with Crippen LogP contribution in [0.5, 0.6) is 0 Å². The number of nitrogens with one attached hydrogen (secondary N) is 2. The Morgan fingerprint density at radius 1 is 1.35 bits per heavy atom. The minimum absolute atomic E-state index is 0.129. The van der Waals surface area contributed by atoms with E-state index in [0.717, 1.165) is 13.0 Å². The molecule has 0 spiro atoms. The molecule has 17 heavy (non-hydrogen) atoms. The molecule has 0 aliphatic heterocycles. The Bertz CT molecular complexity index is 227. The van der Waals surface area contributed by atoms with E-state index < -0.39 is 0 Å². The number of carbonyl (C=O) groups is 1. The first-order valence-electron chi connectivity index (χ1n) is 6.65. The quantitative estimate of drug-likeness (QED) is 0.661. The zero-order valence-corrected chi connectivity index (χ0v) is 11.6. The smallest absolute Gasteiger partial charge is 0.234 e. The van der Waals surface area contributed by atoms with Crippen LogP contribution in [-0.2, 0) is 4.79 Å². The molecule has 0 aromatic rings. The van der Waals surface area contributed by atoms with E-state index in [1.165, 1.54) is 12.8 Å². The maximum absolute atomic E-state index is 11.8. The van der Waals surface area contributed by atoms with Crippen LogP contribution in [0.4, 0.5) is 0 Å². The molecule has 1 unspecified atom stereocenters. The van der Waals surface area contributed by atoms with Crippen molar-refractivity contribution < 1.29 is 4.79 Å². The minimum Gasteiger partial charge on any atom is -0.351 e. The van der Waals surface area contributed by atoms with E-state index in [9.17, 15) is 4.79 Å². The van der Waals surface area contributed by atoms with E-state index in [4.69, 9.17) is 0 Å². The van der Waals surface area contributed by atoms with Crippen LogP contribution in [-0.4, -0.2) is 50.1 Å². The molecule has 1 atom stereocenters. The highest BCUT2D eigenvalue weighted by molar-refractivity contribution is 5.78. The Morgan fingerprint density at radius 2 is 2.00 bits per heavy atom.